The maximum atomic E-state index is 10.7. The number of nitrogens with zero attached hydrogens (tertiary/aromatic N) is 1. The molecule has 1 aromatic carbocycles. The van der Waals surface area contributed by atoms with Crippen molar-refractivity contribution in [2.24, 2.45) is 0 Å². The maximum Gasteiger partial charge on any atom is 0.272 e. The first-order valence-corrected chi connectivity index (χ1v) is 7.53. The zero-order valence-electron chi connectivity index (χ0n) is 10.1. The molecule has 0 bridgehead atoms. The lowest BCUT2D eigenvalue weighted by molar-refractivity contribution is -0.384. The molecule has 0 aliphatic rings. The predicted molar refractivity (Wildman–Crippen MR) is 79.2 cm³/mol. The number of thioether (sulfide) groups is 1. The average molecular weight is 309 g/mol. The minimum absolute atomic E-state index is 0.103. The number of hydrogen-bond donors (Lipinski definition) is 1. The van der Waals surface area contributed by atoms with Crippen LogP contribution in [0.3, 0.4) is 0 Å². The van der Waals surface area contributed by atoms with Gasteiger partial charge in [0.2, 0.25) is 0 Å². The van der Waals surface area contributed by atoms with Crippen LogP contribution in [0.5, 0.6) is 0 Å². The smallest absolute Gasteiger partial charge is 0.272 e. The monoisotopic (exact) mass is 308 g/mol. The third-order valence-electron chi connectivity index (χ3n) is 2.45. The molecular weight excluding hydrogens is 295 g/mol. The molecule has 0 saturated carbocycles. The summed E-state index contributed by atoms with van der Waals surface area (Å²) in [5, 5.41) is 14.4. The van der Waals surface area contributed by atoms with Gasteiger partial charge in [-0.3, -0.25) is 10.1 Å². The van der Waals surface area contributed by atoms with Crippen LogP contribution >= 0.6 is 35.0 Å². The second-order valence-electron chi connectivity index (χ2n) is 3.75. The van der Waals surface area contributed by atoms with Gasteiger partial charge in [0.25, 0.3) is 5.69 Å². The molecule has 0 aliphatic heterocycles. The van der Waals surface area contributed by atoms with E-state index in [4.69, 9.17) is 23.2 Å². The Morgan fingerprint density at radius 1 is 1.44 bits per heavy atom. The summed E-state index contributed by atoms with van der Waals surface area (Å²) < 4.78 is 0. The summed E-state index contributed by atoms with van der Waals surface area (Å²) in [5.41, 5.74) is 0.457. The summed E-state index contributed by atoms with van der Waals surface area (Å²) in [6, 6.07) is 2.85. The number of nitro benzene ring substituents is 1. The molecule has 0 aromatic heterocycles. The van der Waals surface area contributed by atoms with Crippen LogP contribution < -0.4 is 5.32 Å². The maximum absolute atomic E-state index is 10.7. The first-order valence-electron chi connectivity index (χ1n) is 5.38. The van der Waals surface area contributed by atoms with Gasteiger partial charge in [-0.25, -0.2) is 0 Å². The SMILES string of the molecule is CCC(CSC)Nc1c(Cl)cc([N+](=O)[O-])cc1Cl. The number of rotatable bonds is 6. The molecule has 7 heteroatoms. The lowest BCUT2D eigenvalue weighted by Gasteiger charge is -2.19. The van der Waals surface area contributed by atoms with Crippen LogP contribution in [-0.2, 0) is 0 Å². The Bertz CT molecular complexity index is 420. The van der Waals surface area contributed by atoms with Crippen molar-refractivity contribution in [1.29, 1.82) is 0 Å². The Balaban J connectivity index is 2.99. The van der Waals surface area contributed by atoms with E-state index in [0.717, 1.165) is 12.2 Å². The fourth-order valence-electron chi connectivity index (χ4n) is 1.47. The van der Waals surface area contributed by atoms with Gasteiger partial charge in [-0.1, -0.05) is 30.1 Å². The van der Waals surface area contributed by atoms with Crippen molar-refractivity contribution in [2.75, 3.05) is 17.3 Å². The summed E-state index contributed by atoms with van der Waals surface area (Å²) in [5.74, 6) is 0.917. The number of hydrogen-bond acceptors (Lipinski definition) is 4. The second-order valence-corrected chi connectivity index (χ2v) is 5.47. The summed E-state index contributed by atoms with van der Waals surface area (Å²) in [6.45, 7) is 2.06. The van der Waals surface area contributed by atoms with Gasteiger partial charge in [-0.2, -0.15) is 11.8 Å². The highest BCUT2D eigenvalue weighted by molar-refractivity contribution is 7.98. The van der Waals surface area contributed by atoms with E-state index < -0.39 is 4.92 Å². The van der Waals surface area contributed by atoms with E-state index in [-0.39, 0.29) is 21.8 Å². The van der Waals surface area contributed by atoms with Gasteiger partial charge in [0.05, 0.1) is 20.7 Å². The van der Waals surface area contributed by atoms with Crippen molar-refractivity contribution < 1.29 is 4.92 Å². The molecule has 0 aliphatic carbocycles. The molecule has 1 rings (SSSR count). The van der Waals surface area contributed by atoms with Gasteiger partial charge in [0.1, 0.15) is 0 Å². The fourth-order valence-corrected chi connectivity index (χ4v) is 2.78. The summed E-state index contributed by atoms with van der Waals surface area (Å²) in [4.78, 5) is 10.1. The predicted octanol–water partition coefficient (Wildman–Crippen LogP) is 4.46. The Kier molecular flexibility index (Phi) is 6.05. The fraction of sp³-hybridized carbons (Fsp3) is 0.455. The van der Waals surface area contributed by atoms with Crippen LogP contribution in [0.1, 0.15) is 13.3 Å². The van der Waals surface area contributed by atoms with Crippen LogP contribution in [0.15, 0.2) is 12.1 Å². The van der Waals surface area contributed by atoms with Gasteiger partial charge >= 0.3 is 0 Å². The molecule has 0 saturated heterocycles. The third kappa shape index (κ3) is 3.93. The molecule has 1 atom stereocenters. The molecule has 4 nitrogen and oxygen atoms in total. The Labute approximate surface area is 120 Å². The van der Waals surface area contributed by atoms with Crippen LogP contribution in [0, 0.1) is 10.1 Å². The molecule has 0 radical (unpaired) electrons. The number of halogens is 2. The van der Waals surface area contributed by atoms with Gasteiger partial charge in [-0.05, 0) is 12.7 Å². The van der Waals surface area contributed by atoms with E-state index in [9.17, 15) is 10.1 Å². The third-order valence-corrected chi connectivity index (χ3v) is 3.78. The van der Waals surface area contributed by atoms with Gasteiger partial charge in [0.15, 0.2) is 0 Å². The van der Waals surface area contributed by atoms with Gasteiger partial charge in [0, 0.05) is 23.9 Å². The van der Waals surface area contributed by atoms with Crippen LogP contribution in [0.4, 0.5) is 11.4 Å². The second kappa shape index (κ2) is 7.07. The highest BCUT2D eigenvalue weighted by atomic mass is 35.5. The molecular formula is C11H14Cl2N2O2S. The normalized spacial score (nSPS) is 12.2. The molecule has 0 spiro atoms. The lowest BCUT2D eigenvalue weighted by atomic mass is 10.2. The first kappa shape index (κ1) is 15.4. The number of benzene rings is 1. The molecule has 100 valence electrons. The number of anilines is 1. The lowest BCUT2D eigenvalue weighted by Crippen LogP contribution is -2.21. The highest BCUT2D eigenvalue weighted by Crippen LogP contribution is 2.35. The standard InChI is InChI=1S/C11H14Cl2N2O2S/c1-3-7(6-18-2)14-11-9(12)4-8(15(16)17)5-10(11)13/h4-5,7,14H,3,6H2,1-2H3. The van der Waals surface area contributed by atoms with E-state index >= 15 is 0 Å². The topological polar surface area (TPSA) is 55.2 Å². The number of nitro groups is 1. The van der Waals surface area contributed by atoms with Crippen molar-refractivity contribution in [1.82, 2.24) is 0 Å². The highest BCUT2D eigenvalue weighted by Gasteiger charge is 2.16. The van der Waals surface area contributed by atoms with Crippen LogP contribution in [-0.4, -0.2) is 23.0 Å². The van der Waals surface area contributed by atoms with E-state index in [1.54, 1.807) is 11.8 Å². The molecule has 1 N–H and O–H groups in total. The zero-order chi connectivity index (χ0) is 13.7. The molecule has 0 amide bonds. The van der Waals surface area contributed by atoms with E-state index in [2.05, 4.69) is 12.2 Å². The average Bonchev–Trinajstić information content (AvgIpc) is 2.31. The zero-order valence-corrected chi connectivity index (χ0v) is 12.4. The van der Waals surface area contributed by atoms with E-state index in [1.807, 2.05) is 6.26 Å². The summed E-state index contributed by atoms with van der Waals surface area (Å²) in [6.07, 6.45) is 2.94. The van der Waals surface area contributed by atoms with Crippen molar-refractivity contribution in [3.8, 4) is 0 Å². The first-order chi connectivity index (χ1) is 8.49. The minimum atomic E-state index is -0.513. The van der Waals surface area contributed by atoms with Crippen molar-refractivity contribution >= 4 is 46.3 Å². The molecule has 0 fully saturated rings. The molecule has 1 aromatic rings. The number of non-ortho nitro benzene ring substituents is 1. The Morgan fingerprint density at radius 2 is 2.00 bits per heavy atom. The Morgan fingerprint density at radius 3 is 2.39 bits per heavy atom. The van der Waals surface area contributed by atoms with Crippen LogP contribution in [0.25, 0.3) is 0 Å². The van der Waals surface area contributed by atoms with Crippen molar-refractivity contribution in [3.05, 3.63) is 32.3 Å². The van der Waals surface area contributed by atoms with Crippen molar-refractivity contribution in [3.63, 3.8) is 0 Å². The van der Waals surface area contributed by atoms with E-state index in [0.29, 0.717) is 5.69 Å². The van der Waals surface area contributed by atoms with Gasteiger partial charge < -0.3 is 5.32 Å². The van der Waals surface area contributed by atoms with Gasteiger partial charge in [-0.15, -0.1) is 0 Å². The van der Waals surface area contributed by atoms with Crippen molar-refractivity contribution in [2.45, 2.75) is 19.4 Å². The summed E-state index contributed by atoms with van der Waals surface area (Å²) >= 11 is 13.8. The molecule has 1 unspecified atom stereocenters. The minimum Gasteiger partial charge on any atom is -0.379 e. The van der Waals surface area contributed by atoms with Crippen LogP contribution in [0.2, 0.25) is 10.0 Å². The molecule has 0 heterocycles. The molecule has 18 heavy (non-hydrogen) atoms. The summed E-state index contributed by atoms with van der Waals surface area (Å²) in [7, 11) is 0. The van der Waals surface area contributed by atoms with E-state index in [1.165, 1.54) is 12.1 Å². The number of nitrogens with one attached hydrogen (secondary N) is 1. The largest absolute Gasteiger partial charge is 0.379 e. The quantitative estimate of drug-likeness (QED) is 0.623. The Hall–Kier alpha value is -0.650.